The van der Waals surface area contributed by atoms with Crippen LogP contribution in [0.25, 0.3) is 0 Å². The molecule has 2 radical (unpaired) electrons. The van der Waals surface area contributed by atoms with E-state index in [4.69, 9.17) is 4.74 Å². The molecule has 0 aromatic heterocycles. The average Bonchev–Trinajstić information content (AvgIpc) is 2.15. The quantitative estimate of drug-likeness (QED) is 0.629. The molecule has 1 aromatic carbocycles. The summed E-state index contributed by atoms with van der Waals surface area (Å²) in [5.41, 5.74) is 2.43. The summed E-state index contributed by atoms with van der Waals surface area (Å²) in [6.07, 6.45) is 0. The van der Waals surface area contributed by atoms with Crippen LogP contribution >= 0.6 is 0 Å². The molecule has 0 unspecified atom stereocenters. The zero-order valence-electron chi connectivity index (χ0n) is 8.92. The third-order valence-corrected chi connectivity index (χ3v) is 1.70. The molecule has 1 aromatic rings. The number of ether oxygens (including phenoxy) is 1. The smallest absolute Gasteiger partial charge is 0.125 e. The minimum Gasteiger partial charge on any atom is -0.493 e. The molecule has 0 amide bonds. The fraction of sp³-hybridized carbons (Fsp3) is 0.455. The molecule has 0 N–H and O–H groups in total. The van der Waals surface area contributed by atoms with Crippen LogP contribution in [0.3, 0.4) is 0 Å². The van der Waals surface area contributed by atoms with Crippen molar-refractivity contribution in [2.75, 3.05) is 6.61 Å². The van der Waals surface area contributed by atoms with Crippen LogP contribution in [0.4, 0.5) is 0 Å². The van der Waals surface area contributed by atoms with Crippen molar-refractivity contribution in [2.24, 2.45) is 0 Å². The van der Waals surface area contributed by atoms with Crippen LogP contribution in [0.15, 0.2) is 18.2 Å². The van der Waals surface area contributed by atoms with Gasteiger partial charge >= 0.3 is 0 Å². The van der Waals surface area contributed by atoms with E-state index >= 15 is 0 Å². The monoisotopic (exact) mass is 176 g/mol. The normalized spacial score (nSPS) is 8.62. The van der Waals surface area contributed by atoms with Crippen LogP contribution in [0.5, 0.6) is 5.75 Å². The number of hydrogen-bond acceptors (Lipinski definition) is 1. The first-order chi connectivity index (χ1) is 6.25. The Morgan fingerprint density at radius 2 is 1.62 bits per heavy atom. The summed E-state index contributed by atoms with van der Waals surface area (Å²) in [5.74, 6) is 1.04. The van der Waals surface area contributed by atoms with Gasteiger partial charge in [0.15, 0.2) is 0 Å². The first-order valence-electron chi connectivity index (χ1n) is 4.52. The molecule has 0 aliphatic rings. The maximum absolute atomic E-state index is 5.47. The number of para-hydroxylation sites is 1. The van der Waals surface area contributed by atoms with Gasteiger partial charge in [0.05, 0.1) is 14.5 Å². The van der Waals surface area contributed by atoms with Crippen molar-refractivity contribution < 1.29 is 4.74 Å². The van der Waals surface area contributed by atoms with E-state index in [9.17, 15) is 0 Å². The minimum absolute atomic E-state index is 0.742. The average molecular weight is 176 g/mol. The van der Waals surface area contributed by atoms with E-state index in [1.165, 1.54) is 17.9 Å². The van der Waals surface area contributed by atoms with Crippen LogP contribution in [-0.4, -0.2) is 14.5 Å². The molecular formula is C11H17BO. The number of rotatable bonds is 2. The van der Waals surface area contributed by atoms with E-state index < -0.39 is 0 Å². The van der Waals surface area contributed by atoms with Crippen LogP contribution < -0.4 is 4.74 Å². The molecule has 1 rings (SSSR count). The first kappa shape index (κ1) is 12.1. The van der Waals surface area contributed by atoms with Gasteiger partial charge < -0.3 is 4.74 Å². The van der Waals surface area contributed by atoms with Gasteiger partial charge in [-0.1, -0.05) is 25.0 Å². The third-order valence-electron chi connectivity index (χ3n) is 1.70. The fourth-order valence-electron chi connectivity index (χ4n) is 1.17. The van der Waals surface area contributed by atoms with Crippen molar-refractivity contribution in [3.05, 3.63) is 29.3 Å². The molecule has 0 spiro atoms. The van der Waals surface area contributed by atoms with Crippen molar-refractivity contribution in [1.29, 1.82) is 0 Å². The van der Waals surface area contributed by atoms with Crippen molar-refractivity contribution in [2.45, 2.75) is 27.6 Å². The summed E-state index contributed by atoms with van der Waals surface area (Å²) >= 11 is 0. The van der Waals surface area contributed by atoms with Crippen molar-refractivity contribution in [3.63, 3.8) is 0 Å². The molecule has 13 heavy (non-hydrogen) atoms. The van der Waals surface area contributed by atoms with Gasteiger partial charge in [-0.2, -0.15) is 0 Å². The molecule has 1 nitrogen and oxygen atoms in total. The molecule has 0 heterocycles. The van der Waals surface area contributed by atoms with Crippen LogP contribution in [-0.2, 0) is 0 Å². The van der Waals surface area contributed by atoms with Crippen LogP contribution in [0, 0.1) is 13.8 Å². The van der Waals surface area contributed by atoms with Crippen LogP contribution in [0.1, 0.15) is 18.1 Å². The van der Waals surface area contributed by atoms with E-state index in [-0.39, 0.29) is 0 Å². The molecule has 70 valence electrons. The molecule has 0 aliphatic carbocycles. The Morgan fingerprint density at radius 1 is 1.15 bits per heavy atom. The van der Waals surface area contributed by atoms with E-state index in [1.807, 2.05) is 13.0 Å². The second-order valence-electron chi connectivity index (χ2n) is 2.65. The van der Waals surface area contributed by atoms with Crippen LogP contribution in [0.2, 0.25) is 6.82 Å². The zero-order valence-corrected chi connectivity index (χ0v) is 8.92. The lowest BCUT2D eigenvalue weighted by molar-refractivity contribution is 0.335. The minimum atomic E-state index is 0.742. The summed E-state index contributed by atoms with van der Waals surface area (Å²) in [4.78, 5) is 0. The first-order valence-corrected chi connectivity index (χ1v) is 4.52. The standard InChI is InChI=1S/C10H14O.CH3B/c1-4-11-10-8(2)6-5-7-9(10)3;1-2/h5-7H,4H2,1-3H3;1H3. The predicted molar refractivity (Wildman–Crippen MR) is 58.7 cm³/mol. The van der Waals surface area contributed by atoms with Gasteiger partial charge in [0.25, 0.3) is 0 Å². The molecule has 0 atom stereocenters. The molecule has 0 fully saturated rings. The van der Waals surface area contributed by atoms with Gasteiger partial charge in [0.2, 0.25) is 0 Å². The van der Waals surface area contributed by atoms with E-state index in [2.05, 4.69) is 33.8 Å². The summed E-state index contributed by atoms with van der Waals surface area (Å²) in [7, 11) is 4.50. The Kier molecular flexibility index (Phi) is 6.12. The summed E-state index contributed by atoms with van der Waals surface area (Å²) in [5, 5.41) is 0. The Labute approximate surface area is 82.5 Å². The Hall–Kier alpha value is -0.915. The van der Waals surface area contributed by atoms with Gasteiger partial charge in [-0.3, -0.25) is 0 Å². The third kappa shape index (κ3) is 3.54. The Morgan fingerprint density at radius 3 is 2.00 bits per heavy atom. The summed E-state index contributed by atoms with van der Waals surface area (Å²) in [6.45, 7) is 8.38. The van der Waals surface area contributed by atoms with Gasteiger partial charge in [-0.25, -0.2) is 0 Å². The SMILES string of the molecule is CCOc1c(C)cccc1C.[B]C. The van der Waals surface area contributed by atoms with Gasteiger partial charge in [-0.05, 0) is 31.9 Å². The van der Waals surface area contributed by atoms with Crippen molar-refractivity contribution >= 4 is 7.85 Å². The molecule has 0 bridgehead atoms. The van der Waals surface area contributed by atoms with Gasteiger partial charge in [-0.15, -0.1) is 0 Å². The van der Waals surface area contributed by atoms with E-state index in [1.54, 1.807) is 0 Å². The molecule has 0 saturated carbocycles. The lowest BCUT2D eigenvalue weighted by Crippen LogP contribution is -1.95. The highest BCUT2D eigenvalue weighted by Crippen LogP contribution is 2.21. The fourth-order valence-corrected chi connectivity index (χ4v) is 1.17. The Balaban J connectivity index is 0.000000671. The Bertz CT molecular complexity index is 226. The highest BCUT2D eigenvalue weighted by atomic mass is 16.5. The maximum Gasteiger partial charge on any atom is 0.125 e. The maximum atomic E-state index is 5.47. The van der Waals surface area contributed by atoms with Gasteiger partial charge in [0.1, 0.15) is 5.75 Å². The lowest BCUT2D eigenvalue weighted by atomic mass is 10.1. The molecular weight excluding hydrogens is 159 g/mol. The zero-order chi connectivity index (χ0) is 10.3. The highest BCUT2D eigenvalue weighted by Gasteiger charge is 1.99. The predicted octanol–water partition coefficient (Wildman–Crippen LogP) is 2.91. The number of benzene rings is 1. The van der Waals surface area contributed by atoms with E-state index in [0.29, 0.717) is 0 Å². The lowest BCUT2D eigenvalue weighted by Gasteiger charge is -2.08. The second-order valence-corrected chi connectivity index (χ2v) is 2.65. The second kappa shape index (κ2) is 6.58. The van der Waals surface area contributed by atoms with E-state index in [0.717, 1.165) is 12.4 Å². The largest absolute Gasteiger partial charge is 0.493 e. The summed E-state index contributed by atoms with van der Waals surface area (Å²) < 4.78 is 5.47. The number of hydrogen-bond donors (Lipinski definition) is 0. The topological polar surface area (TPSA) is 9.23 Å². The van der Waals surface area contributed by atoms with Gasteiger partial charge in [0, 0.05) is 0 Å². The molecule has 0 aliphatic heterocycles. The molecule has 0 saturated heterocycles. The number of aryl methyl sites for hydroxylation is 2. The highest BCUT2D eigenvalue weighted by molar-refractivity contribution is 6.05. The van der Waals surface area contributed by atoms with Crippen molar-refractivity contribution in [3.8, 4) is 5.75 Å². The summed E-state index contributed by atoms with van der Waals surface area (Å²) in [6, 6.07) is 6.18. The molecule has 2 heteroatoms. The van der Waals surface area contributed by atoms with Crippen molar-refractivity contribution in [1.82, 2.24) is 0 Å².